The summed E-state index contributed by atoms with van der Waals surface area (Å²) in [4.78, 5) is 0. The fourth-order valence-corrected chi connectivity index (χ4v) is 1.60. The van der Waals surface area contributed by atoms with Crippen LogP contribution in [0.4, 0.5) is 0 Å². The minimum absolute atomic E-state index is 0.0877. The summed E-state index contributed by atoms with van der Waals surface area (Å²) in [7, 11) is 3.27. The lowest BCUT2D eigenvalue weighted by atomic mass is 10.1. The minimum Gasteiger partial charge on any atom is -0.497 e. The lowest BCUT2D eigenvalue weighted by molar-refractivity contribution is 0.0542. The van der Waals surface area contributed by atoms with Crippen LogP contribution in [0.3, 0.4) is 0 Å². The van der Waals surface area contributed by atoms with E-state index in [1.165, 1.54) is 0 Å². The fraction of sp³-hybridized carbons (Fsp3) is 0.571. The Hall–Kier alpha value is -1.30. The summed E-state index contributed by atoms with van der Waals surface area (Å²) >= 11 is 0. The van der Waals surface area contributed by atoms with Crippen molar-refractivity contribution in [3.63, 3.8) is 0 Å². The van der Waals surface area contributed by atoms with Crippen LogP contribution in [0.15, 0.2) is 18.2 Å². The Morgan fingerprint density at radius 2 is 1.84 bits per heavy atom. The van der Waals surface area contributed by atoms with Crippen LogP contribution in [0.2, 0.25) is 0 Å². The van der Waals surface area contributed by atoms with Crippen molar-refractivity contribution < 1.29 is 18.9 Å². The molecule has 0 fully saturated rings. The average molecular weight is 269 g/mol. The molecule has 0 aliphatic carbocycles. The van der Waals surface area contributed by atoms with Gasteiger partial charge >= 0.3 is 0 Å². The molecule has 0 heterocycles. The molecule has 1 aromatic rings. The SMILES string of the molecule is COCCOCCOc1cc(OC)ccc1C(C)N. The second kappa shape index (κ2) is 8.74. The van der Waals surface area contributed by atoms with E-state index in [0.717, 1.165) is 17.1 Å². The van der Waals surface area contributed by atoms with E-state index < -0.39 is 0 Å². The highest BCUT2D eigenvalue weighted by atomic mass is 16.5. The predicted octanol–water partition coefficient (Wildman–Crippen LogP) is 1.76. The van der Waals surface area contributed by atoms with Gasteiger partial charge in [0.25, 0.3) is 0 Å². The smallest absolute Gasteiger partial charge is 0.127 e. The van der Waals surface area contributed by atoms with Crippen LogP contribution >= 0.6 is 0 Å². The van der Waals surface area contributed by atoms with Crippen molar-refractivity contribution in [2.45, 2.75) is 13.0 Å². The van der Waals surface area contributed by atoms with Crippen molar-refractivity contribution in [2.24, 2.45) is 5.73 Å². The summed E-state index contributed by atoms with van der Waals surface area (Å²) in [5.74, 6) is 1.49. The van der Waals surface area contributed by atoms with Crippen LogP contribution in [0.1, 0.15) is 18.5 Å². The summed E-state index contributed by atoms with van der Waals surface area (Å²) in [6.07, 6.45) is 0. The van der Waals surface area contributed by atoms with E-state index in [9.17, 15) is 0 Å². The van der Waals surface area contributed by atoms with Gasteiger partial charge in [-0.3, -0.25) is 0 Å². The van der Waals surface area contributed by atoms with Crippen LogP contribution in [0.5, 0.6) is 11.5 Å². The molecule has 0 saturated carbocycles. The van der Waals surface area contributed by atoms with Crippen molar-refractivity contribution in [1.82, 2.24) is 0 Å². The van der Waals surface area contributed by atoms with E-state index in [4.69, 9.17) is 24.7 Å². The van der Waals surface area contributed by atoms with Gasteiger partial charge < -0.3 is 24.7 Å². The number of rotatable bonds is 9. The first-order valence-electron chi connectivity index (χ1n) is 6.32. The van der Waals surface area contributed by atoms with E-state index in [-0.39, 0.29) is 6.04 Å². The molecule has 0 spiro atoms. The molecular formula is C14H23NO4. The Balaban J connectivity index is 2.50. The van der Waals surface area contributed by atoms with Crippen molar-refractivity contribution in [3.8, 4) is 11.5 Å². The third-order valence-electron chi connectivity index (χ3n) is 2.63. The van der Waals surface area contributed by atoms with Gasteiger partial charge in [-0.2, -0.15) is 0 Å². The number of benzene rings is 1. The Kier molecular flexibility index (Phi) is 7.25. The summed E-state index contributed by atoms with van der Waals surface area (Å²) in [6, 6.07) is 5.55. The first-order valence-corrected chi connectivity index (χ1v) is 6.32. The third-order valence-corrected chi connectivity index (χ3v) is 2.63. The summed E-state index contributed by atoms with van der Waals surface area (Å²) in [5, 5.41) is 0. The van der Waals surface area contributed by atoms with Crippen LogP contribution in [0, 0.1) is 0 Å². The number of methoxy groups -OCH3 is 2. The third kappa shape index (κ3) is 5.46. The quantitative estimate of drug-likeness (QED) is 0.692. The zero-order valence-corrected chi connectivity index (χ0v) is 11.8. The highest BCUT2D eigenvalue weighted by molar-refractivity contribution is 5.42. The minimum atomic E-state index is -0.0877. The van der Waals surface area contributed by atoms with E-state index in [1.807, 2.05) is 25.1 Å². The van der Waals surface area contributed by atoms with Gasteiger partial charge in [0.1, 0.15) is 18.1 Å². The first-order chi connectivity index (χ1) is 9.19. The summed E-state index contributed by atoms with van der Waals surface area (Å²) < 4.78 is 21.1. The molecule has 5 nitrogen and oxygen atoms in total. The van der Waals surface area contributed by atoms with E-state index >= 15 is 0 Å². The topological polar surface area (TPSA) is 62.9 Å². The lowest BCUT2D eigenvalue weighted by Crippen LogP contribution is -2.13. The second-order valence-corrected chi connectivity index (χ2v) is 4.15. The Bertz CT molecular complexity index is 368. The molecular weight excluding hydrogens is 246 g/mol. The molecule has 1 aromatic carbocycles. The Morgan fingerprint density at radius 3 is 2.47 bits per heavy atom. The standard InChI is InChI=1S/C14H23NO4/c1-11(15)13-5-4-12(17-3)10-14(13)19-9-8-18-7-6-16-2/h4-5,10-11H,6-9,15H2,1-3H3. The monoisotopic (exact) mass is 269 g/mol. The van der Waals surface area contributed by atoms with E-state index in [1.54, 1.807) is 14.2 Å². The maximum Gasteiger partial charge on any atom is 0.127 e. The largest absolute Gasteiger partial charge is 0.497 e. The summed E-state index contributed by atoms with van der Waals surface area (Å²) in [5.41, 5.74) is 6.86. The number of hydrogen-bond acceptors (Lipinski definition) is 5. The molecule has 1 rings (SSSR count). The van der Waals surface area contributed by atoms with Gasteiger partial charge in [0.2, 0.25) is 0 Å². The van der Waals surface area contributed by atoms with Gasteiger partial charge in [-0.05, 0) is 13.0 Å². The van der Waals surface area contributed by atoms with Gasteiger partial charge in [-0.25, -0.2) is 0 Å². The van der Waals surface area contributed by atoms with Crippen molar-refractivity contribution in [1.29, 1.82) is 0 Å². The predicted molar refractivity (Wildman–Crippen MR) is 73.8 cm³/mol. The zero-order chi connectivity index (χ0) is 14.1. The number of hydrogen-bond donors (Lipinski definition) is 1. The van der Waals surface area contributed by atoms with E-state index in [2.05, 4.69) is 0 Å². The Labute approximate surface area is 114 Å². The van der Waals surface area contributed by atoms with Crippen LogP contribution in [-0.4, -0.2) is 40.6 Å². The molecule has 0 saturated heterocycles. The molecule has 0 aliphatic heterocycles. The maximum atomic E-state index is 5.91. The molecule has 0 radical (unpaired) electrons. The van der Waals surface area contributed by atoms with Gasteiger partial charge in [0.15, 0.2) is 0 Å². The highest BCUT2D eigenvalue weighted by Gasteiger charge is 2.09. The Morgan fingerprint density at radius 1 is 1.11 bits per heavy atom. The van der Waals surface area contributed by atoms with Crippen LogP contribution in [-0.2, 0) is 9.47 Å². The van der Waals surface area contributed by atoms with Gasteiger partial charge in [0.05, 0.1) is 26.9 Å². The van der Waals surface area contributed by atoms with Crippen LogP contribution < -0.4 is 15.2 Å². The maximum absolute atomic E-state index is 5.91. The van der Waals surface area contributed by atoms with Crippen molar-refractivity contribution in [3.05, 3.63) is 23.8 Å². The molecule has 0 bridgehead atoms. The number of ether oxygens (including phenoxy) is 4. The number of nitrogens with two attached hydrogens (primary N) is 1. The lowest BCUT2D eigenvalue weighted by Gasteiger charge is -2.15. The normalized spacial score (nSPS) is 12.2. The zero-order valence-electron chi connectivity index (χ0n) is 11.8. The van der Waals surface area contributed by atoms with Crippen molar-refractivity contribution >= 4 is 0 Å². The van der Waals surface area contributed by atoms with Gasteiger partial charge in [-0.1, -0.05) is 6.07 Å². The molecule has 5 heteroatoms. The van der Waals surface area contributed by atoms with Crippen LogP contribution in [0.25, 0.3) is 0 Å². The second-order valence-electron chi connectivity index (χ2n) is 4.15. The van der Waals surface area contributed by atoms with Gasteiger partial charge in [-0.15, -0.1) is 0 Å². The molecule has 0 aliphatic rings. The molecule has 1 unspecified atom stereocenters. The molecule has 0 aromatic heterocycles. The molecule has 108 valence electrons. The first kappa shape index (κ1) is 15.8. The summed E-state index contributed by atoms with van der Waals surface area (Å²) in [6.45, 7) is 4.06. The van der Waals surface area contributed by atoms with Crippen molar-refractivity contribution in [2.75, 3.05) is 40.6 Å². The fourth-order valence-electron chi connectivity index (χ4n) is 1.60. The van der Waals surface area contributed by atoms with E-state index in [0.29, 0.717) is 26.4 Å². The average Bonchev–Trinajstić information content (AvgIpc) is 2.42. The molecule has 0 amide bonds. The molecule has 1 atom stereocenters. The molecule has 19 heavy (non-hydrogen) atoms. The van der Waals surface area contributed by atoms with Gasteiger partial charge in [0, 0.05) is 24.8 Å². The molecule has 2 N–H and O–H groups in total. The highest BCUT2D eigenvalue weighted by Crippen LogP contribution is 2.28.